The van der Waals surface area contributed by atoms with Crippen molar-refractivity contribution < 1.29 is 17.9 Å². The lowest BCUT2D eigenvalue weighted by molar-refractivity contribution is 0.0793. The zero-order valence-corrected chi connectivity index (χ0v) is 15.5. The van der Waals surface area contributed by atoms with Crippen LogP contribution in [-0.2, 0) is 16.6 Å². The molecule has 25 heavy (non-hydrogen) atoms. The van der Waals surface area contributed by atoms with E-state index < -0.39 is 10.0 Å². The Morgan fingerprint density at radius 1 is 1.28 bits per heavy atom. The third-order valence-electron chi connectivity index (χ3n) is 4.08. The molecule has 6 nitrogen and oxygen atoms in total. The van der Waals surface area contributed by atoms with Crippen molar-refractivity contribution in [2.24, 2.45) is 0 Å². The van der Waals surface area contributed by atoms with Crippen molar-refractivity contribution in [2.45, 2.75) is 23.6 Å². The lowest BCUT2D eigenvalue weighted by Gasteiger charge is -2.13. The fourth-order valence-corrected chi connectivity index (χ4v) is 4.92. The summed E-state index contributed by atoms with van der Waals surface area (Å²) in [5.74, 6) is 0.578. The van der Waals surface area contributed by atoms with Gasteiger partial charge in [-0.1, -0.05) is 12.1 Å². The Hall–Kier alpha value is -1.90. The minimum absolute atomic E-state index is 0.0944. The highest BCUT2D eigenvalue weighted by molar-refractivity contribution is 7.91. The Bertz CT molecular complexity index is 855. The second kappa shape index (κ2) is 7.55. The number of nitrogens with zero attached hydrogens (tertiary/aromatic N) is 1. The second-order valence-corrected chi connectivity index (χ2v) is 8.73. The summed E-state index contributed by atoms with van der Waals surface area (Å²) < 4.78 is 32.8. The Morgan fingerprint density at radius 2 is 2.04 bits per heavy atom. The molecule has 0 spiro atoms. The van der Waals surface area contributed by atoms with Gasteiger partial charge in [-0.2, -0.15) is 0 Å². The number of hydrogen-bond donors (Lipinski definition) is 1. The number of methoxy groups -OCH3 is 1. The summed E-state index contributed by atoms with van der Waals surface area (Å²) in [7, 11) is -2.09. The van der Waals surface area contributed by atoms with Crippen LogP contribution in [0.3, 0.4) is 0 Å². The van der Waals surface area contributed by atoms with E-state index >= 15 is 0 Å². The van der Waals surface area contributed by atoms with Crippen LogP contribution < -0.4 is 9.46 Å². The monoisotopic (exact) mass is 380 g/mol. The van der Waals surface area contributed by atoms with E-state index in [0.29, 0.717) is 11.3 Å². The molecule has 0 atom stereocenters. The largest absolute Gasteiger partial charge is 0.497 e. The lowest BCUT2D eigenvalue weighted by Crippen LogP contribution is -2.27. The predicted octanol–water partition coefficient (Wildman–Crippen LogP) is 2.47. The van der Waals surface area contributed by atoms with Crippen LogP contribution in [0.15, 0.2) is 39.9 Å². The fourth-order valence-electron chi connectivity index (χ4n) is 2.70. The Balaban J connectivity index is 1.68. The third-order valence-corrected chi connectivity index (χ3v) is 6.92. The summed E-state index contributed by atoms with van der Waals surface area (Å²) in [6.07, 6.45) is 2.01. The van der Waals surface area contributed by atoms with Gasteiger partial charge in [-0.3, -0.25) is 4.79 Å². The zero-order valence-electron chi connectivity index (χ0n) is 13.9. The smallest absolute Gasteiger partial charge is 0.254 e. The lowest BCUT2D eigenvalue weighted by atomic mass is 10.2. The molecule has 1 aliphatic heterocycles. The minimum Gasteiger partial charge on any atom is -0.497 e. The molecule has 1 aromatic heterocycles. The van der Waals surface area contributed by atoms with Gasteiger partial charge in [0.25, 0.3) is 5.91 Å². The van der Waals surface area contributed by atoms with Crippen molar-refractivity contribution >= 4 is 27.3 Å². The number of ether oxygens (including phenoxy) is 1. The van der Waals surface area contributed by atoms with Gasteiger partial charge in [0.1, 0.15) is 9.96 Å². The van der Waals surface area contributed by atoms with Crippen molar-refractivity contribution in [3.05, 3.63) is 46.8 Å². The first-order chi connectivity index (χ1) is 12.0. The Morgan fingerprint density at radius 3 is 2.76 bits per heavy atom. The van der Waals surface area contributed by atoms with Crippen LogP contribution in [0.25, 0.3) is 0 Å². The molecule has 1 aliphatic rings. The minimum atomic E-state index is -3.66. The predicted molar refractivity (Wildman–Crippen MR) is 96.5 cm³/mol. The van der Waals surface area contributed by atoms with Gasteiger partial charge < -0.3 is 9.64 Å². The first-order valence-electron chi connectivity index (χ1n) is 8.00. The van der Waals surface area contributed by atoms with Gasteiger partial charge in [-0.25, -0.2) is 13.1 Å². The van der Waals surface area contributed by atoms with E-state index in [2.05, 4.69) is 4.72 Å². The molecule has 1 amide bonds. The molecule has 0 aliphatic carbocycles. The van der Waals surface area contributed by atoms with Crippen LogP contribution >= 0.6 is 11.3 Å². The number of sulfonamides is 1. The summed E-state index contributed by atoms with van der Waals surface area (Å²) in [6, 6.07) is 8.66. The number of thiophene rings is 1. The van der Waals surface area contributed by atoms with Gasteiger partial charge in [0.05, 0.1) is 12.7 Å². The first-order valence-corrected chi connectivity index (χ1v) is 10.4. The maximum atomic E-state index is 12.5. The highest BCUT2D eigenvalue weighted by Gasteiger charge is 2.23. The van der Waals surface area contributed by atoms with Crippen molar-refractivity contribution in [3.8, 4) is 5.75 Å². The van der Waals surface area contributed by atoms with E-state index in [0.717, 1.165) is 42.8 Å². The molecule has 134 valence electrons. The van der Waals surface area contributed by atoms with Gasteiger partial charge in [0, 0.05) is 25.0 Å². The van der Waals surface area contributed by atoms with E-state index in [1.54, 1.807) is 35.6 Å². The summed E-state index contributed by atoms with van der Waals surface area (Å²) >= 11 is 1.06. The van der Waals surface area contributed by atoms with E-state index in [4.69, 9.17) is 4.74 Å². The molecular formula is C17H20N2O4S2. The Labute approximate surface area is 151 Å². The first kappa shape index (κ1) is 17.9. The van der Waals surface area contributed by atoms with Crippen LogP contribution in [0.4, 0.5) is 0 Å². The summed E-state index contributed by atoms with van der Waals surface area (Å²) in [5.41, 5.74) is 1.24. The average Bonchev–Trinajstić information content (AvgIpc) is 3.31. The van der Waals surface area contributed by atoms with Gasteiger partial charge in [-0.05, 0) is 36.6 Å². The second-order valence-electron chi connectivity index (χ2n) is 5.83. The normalized spacial score (nSPS) is 14.7. The maximum absolute atomic E-state index is 12.5. The molecular weight excluding hydrogens is 360 g/mol. The number of rotatable bonds is 6. The third kappa shape index (κ3) is 4.20. The molecule has 3 rings (SSSR count). The number of carbonyl (C=O) groups excluding carboxylic acids is 1. The van der Waals surface area contributed by atoms with Gasteiger partial charge in [0.15, 0.2) is 0 Å². The number of likely N-dealkylation sites (tertiary alicyclic amines) is 1. The molecule has 1 aromatic carbocycles. The van der Waals surface area contributed by atoms with E-state index in [-0.39, 0.29) is 16.7 Å². The quantitative estimate of drug-likeness (QED) is 0.835. The highest BCUT2D eigenvalue weighted by Crippen LogP contribution is 2.23. The average molecular weight is 380 g/mol. The molecule has 0 saturated carbocycles. The molecule has 2 heterocycles. The molecule has 0 radical (unpaired) electrons. The van der Waals surface area contributed by atoms with Crippen LogP contribution in [0.1, 0.15) is 28.8 Å². The van der Waals surface area contributed by atoms with E-state index in [1.807, 2.05) is 6.07 Å². The molecule has 1 N–H and O–H groups in total. The van der Waals surface area contributed by atoms with E-state index in [1.165, 1.54) is 6.07 Å². The van der Waals surface area contributed by atoms with E-state index in [9.17, 15) is 13.2 Å². The maximum Gasteiger partial charge on any atom is 0.254 e. The number of hydrogen-bond acceptors (Lipinski definition) is 5. The summed E-state index contributed by atoms with van der Waals surface area (Å²) in [5, 5.41) is 1.61. The van der Waals surface area contributed by atoms with Crippen molar-refractivity contribution in [3.63, 3.8) is 0 Å². The molecule has 2 aromatic rings. The SMILES string of the molecule is COc1cccc(CNS(=O)(=O)c2cc(C(=O)N3CCCC3)cs2)c1. The number of nitrogens with one attached hydrogen (secondary N) is 1. The fraction of sp³-hybridized carbons (Fsp3) is 0.353. The van der Waals surface area contributed by atoms with Gasteiger partial charge in [0.2, 0.25) is 10.0 Å². The molecule has 1 saturated heterocycles. The van der Waals surface area contributed by atoms with Crippen molar-refractivity contribution in [2.75, 3.05) is 20.2 Å². The summed E-state index contributed by atoms with van der Waals surface area (Å²) in [6.45, 7) is 1.64. The van der Waals surface area contributed by atoms with Crippen molar-refractivity contribution in [1.29, 1.82) is 0 Å². The highest BCUT2D eigenvalue weighted by atomic mass is 32.2. The van der Waals surface area contributed by atoms with Gasteiger partial charge >= 0.3 is 0 Å². The van der Waals surface area contributed by atoms with Crippen molar-refractivity contribution in [1.82, 2.24) is 9.62 Å². The number of amides is 1. The topological polar surface area (TPSA) is 75.7 Å². The van der Waals surface area contributed by atoms with Gasteiger partial charge in [-0.15, -0.1) is 11.3 Å². The number of benzene rings is 1. The molecule has 1 fully saturated rings. The zero-order chi connectivity index (χ0) is 17.9. The van der Waals surface area contributed by atoms with Crippen LogP contribution in [0.5, 0.6) is 5.75 Å². The standard InChI is InChI=1S/C17H20N2O4S2/c1-23-15-6-4-5-13(9-15)11-18-25(21,22)16-10-14(12-24-16)17(20)19-7-2-3-8-19/h4-6,9-10,12,18H,2-3,7-8,11H2,1H3. The number of carbonyl (C=O) groups is 1. The molecule has 0 unspecified atom stereocenters. The summed E-state index contributed by atoms with van der Waals surface area (Å²) in [4.78, 5) is 14.1. The Kier molecular flexibility index (Phi) is 5.41. The molecule has 8 heteroatoms. The van der Waals surface area contributed by atoms with Crippen LogP contribution in [-0.4, -0.2) is 39.4 Å². The molecule has 0 bridgehead atoms. The van der Waals surface area contributed by atoms with Crippen LogP contribution in [0, 0.1) is 0 Å². The van der Waals surface area contributed by atoms with Crippen LogP contribution in [0.2, 0.25) is 0 Å².